The zero-order valence-corrected chi connectivity index (χ0v) is 14.1. The van der Waals surface area contributed by atoms with Crippen LogP contribution in [0.25, 0.3) is 0 Å². The van der Waals surface area contributed by atoms with Crippen molar-refractivity contribution in [1.82, 2.24) is 9.80 Å². The Morgan fingerprint density at radius 2 is 1.85 bits per heavy atom. The van der Waals surface area contributed by atoms with Crippen molar-refractivity contribution in [2.24, 2.45) is 11.7 Å². The highest BCUT2D eigenvalue weighted by Crippen LogP contribution is 2.19. The van der Waals surface area contributed by atoms with Crippen LogP contribution >= 0.6 is 0 Å². The number of nitrogens with zero attached hydrogens (tertiary/aromatic N) is 2. The first kappa shape index (κ1) is 17.9. The van der Waals surface area contributed by atoms with Gasteiger partial charge in [0.05, 0.1) is 0 Å². The Morgan fingerprint density at radius 3 is 2.40 bits per heavy atom. The van der Waals surface area contributed by atoms with Crippen LogP contribution in [0.15, 0.2) is 0 Å². The van der Waals surface area contributed by atoms with Crippen LogP contribution < -0.4 is 5.73 Å². The molecule has 1 saturated heterocycles. The summed E-state index contributed by atoms with van der Waals surface area (Å²) in [4.78, 5) is 5.18. The van der Waals surface area contributed by atoms with Crippen LogP contribution in [0.1, 0.15) is 58.8 Å². The fourth-order valence-corrected chi connectivity index (χ4v) is 3.57. The highest BCUT2D eigenvalue weighted by molar-refractivity contribution is 4.77. The summed E-state index contributed by atoms with van der Waals surface area (Å²) >= 11 is 0. The Labute approximate surface area is 126 Å². The van der Waals surface area contributed by atoms with Gasteiger partial charge in [0, 0.05) is 6.04 Å². The molecule has 1 aliphatic rings. The van der Waals surface area contributed by atoms with Crippen molar-refractivity contribution < 1.29 is 0 Å². The van der Waals surface area contributed by atoms with E-state index in [2.05, 4.69) is 30.7 Å². The highest BCUT2D eigenvalue weighted by Gasteiger charge is 2.21. The van der Waals surface area contributed by atoms with Crippen molar-refractivity contribution in [3.05, 3.63) is 0 Å². The zero-order chi connectivity index (χ0) is 14.8. The fourth-order valence-electron chi connectivity index (χ4n) is 3.57. The molecule has 120 valence electrons. The van der Waals surface area contributed by atoms with Gasteiger partial charge in [0.25, 0.3) is 0 Å². The molecule has 3 heteroatoms. The van der Waals surface area contributed by atoms with Gasteiger partial charge in [0.2, 0.25) is 0 Å². The predicted octanol–water partition coefficient (Wildman–Crippen LogP) is 2.95. The van der Waals surface area contributed by atoms with Crippen molar-refractivity contribution in [2.45, 2.75) is 64.8 Å². The molecule has 0 aromatic rings. The summed E-state index contributed by atoms with van der Waals surface area (Å²) in [5.41, 5.74) is 5.72. The lowest BCUT2D eigenvalue weighted by molar-refractivity contribution is 0.129. The molecule has 0 aromatic heterocycles. The molecule has 20 heavy (non-hydrogen) atoms. The van der Waals surface area contributed by atoms with Crippen molar-refractivity contribution >= 4 is 0 Å². The van der Waals surface area contributed by atoms with Gasteiger partial charge in [-0.2, -0.15) is 0 Å². The highest BCUT2D eigenvalue weighted by atomic mass is 15.2. The molecular weight excluding hydrogens is 246 g/mol. The number of likely N-dealkylation sites (tertiary alicyclic amines) is 1. The van der Waals surface area contributed by atoms with Gasteiger partial charge in [0.15, 0.2) is 0 Å². The first-order chi connectivity index (χ1) is 9.71. The molecule has 1 aliphatic heterocycles. The number of piperidine rings is 1. The number of rotatable bonds is 10. The molecule has 0 saturated carbocycles. The van der Waals surface area contributed by atoms with Crippen LogP contribution in [0.3, 0.4) is 0 Å². The molecule has 0 spiro atoms. The molecule has 0 amide bonds. The number of nitrogens with two attached hydrogens (primary N) is 1. The van der Waals surface area contributed by atoms with E-state index >= 15 is 0 Å². The summed E-state index contributed by atoms with van der Waals surface area (Å²) < 4.78 is 0. The van der Waals surface area contributed by atoms with Crippen LogP contribution in [-0.4, -0.2) is 55.6 Å². The van der Waals surface area contributed by atoms with E-state index in [1.807, 2.05) is 0 Å². The van der Waals surface area contributed by atoms with Gasteiger partial charge in [-0.1, -0.05) is 26.7 Å². The van der Waals surface area contributed by atoms with Gasteiger partial charge in [-0.05, 0) is 77.8 Å². The monoisotopic (exact) mass is 283 g/mol. The lowest BCUT2D eigenvalue weighted by Gasteiger charge is -2.36. The third-order valence-electron chi connectivity index (χ3n) is 5.02. The lowest BCUT2D eigenvalue weighted by atomic mass is 9.94. The van der Waals surface area contributed by atoms with E-state index in [-0.39, 0.29) is 0 Å². The van der Waals surface area contributed by atoms with Crippen molar-refractivity contribution in [3.8, 4) is 0 Å². The minimum absolute atomic E-state index is 0.817. The number of hydrogen-bond acceptors (Lipinski definition) is 3. The van der Waals surface area contributed by atoms with Crippen LogP contribution in [-0.2, 0) is 0 Å². The molecule has 1 unspecified atom stereocenters. The van der Waals surface area contributed by atoms with Gasteiger partial charge < -0.3 is 15.5 Å². The topological polar surface area (TPSA) is 32.5 Å². The molecule has 0 aromatic carbocycles. The average Bonchev–Trinajstić information content (AvgIpc) is 2.47. The van der Waals surface area contributed by atoms with E-state index in [1.54, 1.807) is 0 Å². The fraction of sp³-hybridized carbons (Fsp3) is 1.00. The molecule has 1 atom stereocenters. The summed E-state index contributed by atoms with van der Waals surface area (Å²) in [6.07, 6.45) is 9.29. The molecule has 1 fully saturated rings. The second kappa shape index (κ2) is 10.6. The molecule has 2 N–H and O–H groups in total. The first-order valence-corrected chi connectivity index (χ1v) is 8.83. The molecule has 0 radical (unpaired) electrons. The van der Waals surface area contributed by atoms with Crippen LogP contribution in [0.5, 0.6) is 0 Å². The summed E-state index contributed by atoms with van der Waals surface area (Å²) in [5.74, 6) is 0.861. The van der Waals surface area contributed by atoms with Gasteiger partial charge in [-0.3, -0.25) is 0 Å². The van der Waals surface area contributed by atoms with Gasteiger partial charge in [0.1, 0.15) is 0 Å². The second-order valence-electron chi connectivity index (χ2n) is 6.52. The van der Waals surface area contributed by atoms with Gasteiger partial charge >= 0.3 is 0 Å². The van der Waals surface area contributed by atoms with Crippen molar-refractivity contribution in [3.63, 3.8) is 0 Å². The zero-order valence-electron chi connectivity index (χ0n) is 14.1. The standard InChI is InChI=1S/C17H37N3/c1-4-7-16(9-12-18)8-6-13-19(3)17-10-14-20(5-2)15-11-17/h16-17H,4-15,18H2,1-3H3. The molecule has 1 heterocycles. The Morgan fingerprint density at radius 1 is 1.15 bits per heavy atom. The normalized spacial score (nSPS) is 19.6. The van der Waals surface area contributed by atoms with Crippen LogP contribution in [0.2, 0.25) is 0 Å². The molecule has 0 bridgehead atoms. The first-order valence-electron chi connectivity index (χ1n) is 8.83. The van der Waals surface area contributed by atoms with Gasteiger partial charge in [-0.25, -0.2) is 0 Å². The van der Waals surface area contributed by atoms with E-state index in [1.165, 1.54) is 71.1 Å². The van der Waals surface area contributed by atoms with E-state index in [0.29, 0.717) is 0 Å². The third-order valence-corrected chi connectivity index (χ3v) is 5.02. The van der Waals surface area contributed by atoms with E-state index in [4.69, 9.17) is 5.73 Å². The average molecular weight is 284 g/mol. The molecule has 1 rings (SSSR count). The molecule has 0 aliphatic carbocycles. The second-order valence-corrected chi connectivity index (χ2v) is 6.52. The van der Waals surface area contributed by atoms with Crippen molar-refractivity contribution in [1.29, 1.82) is 0 Å². The summed E-state index contributed by atoms with van der Waals surface area (Å²) in [6.45, 7) is 10.5. The van der Waals surface area contributed by atoms with E-state index in [0.717, 1.165) is 18.5 Å². The summed E-state index contributed by atoms with van der Waals surface area (Å²) in [7, 11) is 2.32. The maximum atomic E-state index is 5.72. The Kier molecular flexibility index (Phi) is 9.49. The molecule has 3 nitrogen and oxygen atoms in total. The summed E-state index contributed by atoms with van der Waals surface area (Å²) in [6, 6.07) is 0.817. The van der Waals surface area contributed by atoms with Crippen molar-refractivity contribution in [2.75, 3.05) is 39.8 Å². The quantitative estimate of drug-likeness (QED) is 0.669. The Balaban J connectivity index is 2.17. The van der Waals surface area contributed by atoms with Gasteiger partial charge in [-0.15, -0.1) is 0 Å². The Hall–Kier alpha value is -0.120. The predicted molar refractivity (Wildman–Crippen MR) is 89.1 cm³/mol. The van der Waals surface area contributed by atoms with Crippen LogP contribution in [0.4, 0.5) is 0 Å². The minimum Gasteiger partial charge on any atom is -0.330 e. The maximum Gasteiger partial charge on any atom is 0.0117 e. The SMILES string of the molecule is CCCC(CCN)CCCN(C)C1CCN(CC)CC1. The van der Waals surface area contributed by atoms with E-state index < -0.39 is 0 Å². The summed E-state index contributed by atoms with van der Waals surface area (Å²) in [5, 5.41) is 0. The minimum atomic E-state index is 0.817. The largest absolute Gasteiger partial charge is 0.330 e. The smallest absolute Gasteiger partial charge is 0.0117 e. The van der Waals surface area contributed by atoms with Crippen LogP contribution in [0, 0.1) is 5.92 Å². The third kappa shape index (κ3) is 6.55. The number of hydrogen-bond donors (Lipinski definition) is 1. The Bertz CT molecular complexity index is 218. The maximum absolute atomic E-state index is 5.72. The van der Waals surface area contributed by atoms with E-state index in [9.17, 15) is 0 Å². The molecular formula is C17H37N3. The lowest BCUT2D eigenvalue weighted by Crippen LogP contribution is -2.43.